The van der Waals surface area contributed by atoms with Gasteiger partial charge in [-0.3, -0.25) is 0 Å². The summed E-state index contributed by atoms with van der Waals surface area (Å²) in [6.07, 6.45) is 5.64. The largest absolute Gasteiger partial charge is 0.452 e. The molecule has 0 saturated heterocycles. The van der Waals surface area contributed by atoms with Crippen molar-refractivity contribution in [3.8, 4) is 0 Å². The Bertz CT molecular complexity index is 524. The minimum Gasteiger partial charge on any atom is -0.452 e. The van der Waals surface area contributed by atoms with Gasteiger partial charge in [-0.25, -0.2) is 4.98 Å². The van der Waals surface area contributed by atoms with Gasteiger partial charge in [0.1, 0.15) is 5.76 Å². The van der Waals surface area contributed by atoms with E-state index in [1.165, 1.54) is 0 Å². The highest BCUT2D eigenvalue weighted by atomic mass is 79.9. The van der Waals surface area contributed by atoms with Gasteiger partial charge in [-0.2, -0.15) is 0 Å². The first-order valence-electron chi connectivity index (χ1n) is 6.49. The van der Waals surface area contributed by atoms with Crippen molar-refractivity contribution in [2.45, 2.75) is 39.9 Å². The molecular weight excluding hydrogens is 386 g/mol. The smallest absolute Gasteiger partial charge is 0.183 e. The second kappa shape index (κ2) is 6.45. The fourth-order valence-corrected chi connectivity index (χ4v) is 2.61. The number of nitrogens with one attached hydrogen (secondary N) is 1. The van der Waals surface area contributed by atoms with E-state index in [9.17, 15) is 0 Å². The standard InChI is InChI=1S/C14H19Br2N3O/c1-14(2,3)12(8-19-5-4-17-9-19)18-7-10-6-11(15)13(16)20-10/h4-6,9,12,18H,7-8H2,1-3H3. The van der Waals surface area contributed by atoms with E-state index in [-0.39, 0.29) is 5.41 Å². The minimum atomic E-state index is 0.144. The summed E-state index contributed by atoms with van der Waals surface area (Å²) in [5, 5.41) is 3.57. The van der Waals surface area contributed by atoms with Crippen molar-refractivity contribution in [2.24, 2.45) is 5.41 Å². The van der Waals surface area contributed by atoms with Crippen LogP contribution in [-0.2, 0) is 13.1 Å². The average molecular weight is 405 g/mol. The van der Waals surface area contributed by atoms with Crippen molar-refractivity contribution in [3.05, 3.63) is 39.7 Å². The van der Waals surface area contributed by atoms with Gasteiger partial charge in [0.15, 0.2) is 4.67 Å². The average Bonchev–Trinajstić information content (AvgIpc) is 2.94. The molecule has 1 unspecified atom stereocenters. The lowest BCUT2D eigenvalue weighted by Crippen LogP contribution is -2.42. The zero-order chi connectivity index (χ0) is 14.8. The van der Waals surface area contributed by atoms with Crippen LogP contribution in [0.2, 0.25) is 0 Å². The lowest BCUT2D eigenvalue weighted by atomic mass is 9.86. The van der Waals surface area contributed by atoms with Crippen LogP contribution in [0.25, 0.3) is 0 Å². The molecule has 1 atom stereocenters. The second-order valence-electron chi connectivity index (χ2n) is 5.89. The van der Waals surface area contributed by atoms with E-state index in [1.54, 1.807) is 6.20 Å². The van der Waals surface area contributed by atoms with Crippen LogP contribution in [0.1, 0.15) is 26.5 Å². The summed E-state index contributed by atoms with van der Waals surface area (Å²) >= 11 is 6.79. The predicted octanol–water partition coefficient (Wildman–Crippen LogP) is 4.21. The molecule has 2 heterocycles. The van der Waals surface area contributed by atoms with Gasteiger partial charge in [0.2, 0.25) is 0 Å². The van der Waals surface area contributed by atoms with E-state index in [4.69, 9.17) is 4.42 Å². The molecule has 0 spiro atoms. The fourth-order valence-electron chi connectivity index (χ4n) is 1.95. The van der Waals surface area contributed by atoms with Crippen molar-refractivity contribution >= 4 is 31.9 Å². The molecule has 0 radical (unpaired) electrons. The third kappa shape index (κ3) is 4.20. The van der Waals surface area contributed by atoms with E-state index in [0.717, 1.165) is 21.4 Å². The zero-order valence-corrected chi connectivity index (χ0v) is 15.0. The molecule has 20 heavy (non-hydrogen) atoms. The normalized spacial score (nSPS) is 13.7. The molecule has 0 aliphatic rings. The molecule has 2 aromatic heterocycles. The number of nitrogens with zero attached hydrogens (tertiary/aromatic N) is 2. The number of halogens is 2. The molecular formula is C14H19Br2N3O. The van der Waals surface area contributed by atoms with Crippen LogP contribution in [0, 0.1) is 5.41 Å². The molecule has 110 valence electrons. The third-order valence-electron chi connectivity index (χ3n) is 3.22. The van der Waals surface area contributed by atoms with Crippen LogP contribution >= 0.6 is 31.9 Å². The third-order valence-corrected chi connectivity index (χ3v) is 4.93. The van der Waals surface area contributed by atoms with Crippen molar-refractivity contribution in [2.75, 3.05) is 0 Å². The first kappa shape index (κ1) is 15.8. The van der Waals surface area contributed by atoms with Crippen LogP contribution in [0.5, 0.6) is 0 Å². The predicted molar refractivity (Wildman–Crippen MR) is 86.4 cm³/mol. The highest BCUT2D eigenvalue weighted by Gasteiger charge is 2.24. The van der Waals surface area contributed by atoms with Gasteiger partial charge in [-0.15, -0.1) is 0 Å². The monoisotopic (exact) mass is 403 g/mol. The molecule has 1 N–H and O–H groups in total. The summed E-state index contributed by atoms with van der Waals surface area (Å²) in [7, 11) is 0. The summed E-state index contributed by atoms with van der Waals surface area (Å²) in [6.45, 7) is 8.27. The Morgan fingerprint density at radius 1 is 1.40 bits per heavy atom. The molecule has 2 rings (SSSR count). The Morgan fingerprint density at radius 3 is 2.65 bits per heavy atom. The molecule has 0 amide bonds. The summed E-state index contributed by atoms with van der Waals surface area (Å²) in [5.74, 6) is 0.906. The Balaban J connectivity index is 2.01. The van der Waals surface area contributed by atoms with Crippen molar-refractivity contribution in [1.29, 1.82) is 0 Å². The number of aromatic nitrogens is 2. The van der Waals surface area contributed by atoms with Crippen LogP contribution in [0.4, 0.5) is 0 Å². The topological polar surface area (TPSA) is 43.0 Å². The molecule has 0 aliphatic heterocycles. The quantitative estimate of drug-likeness (QED) is 0.811. The van der Waals surface area contributed by atoms with Crippen molar-refractivity contribution < 1.29 is 4.42 Å². The summed E-state index contributed by atoms with van der Waals surface area (Å²) in [4.78, 5) is 4.09. The zero-order valence-electron chi connectivity index (χ0n) is 11.9. The summed E-state index contributed by atoms with van der Waals surface area (Å²) in [5.41, 5.74) is 0.144. The molecule has 2 aromatic rings. The maximum absolute atomic E-state index is 5.60. The van der Waals surface area contributed by atoms with Gasteiger partial charge in [0.05, 0.1) is 17.3 Å². The molecule has 0 aromatic carbocycles. The highest BCUT2D eigenvalue weighted by molar-refractivity contribution is 9.13. The summed E-state index contributed by atoms with van der Waals surface area (Å²) in [6, 6.07) is 2.30. The van der Waals surface area contributed by atoms with E-state index >= 15 is 0 Å². The Labute approximate surface area is 136 Å². The van der Waals surface area contributed by atoms with Gasteiger partial charge in [0, 0.05) is 25.0 Å². The van der Waals surface area contributed by atoms with Gasteiger partial charge in [0.25, 0.3) is 0 Å². The van der Waals surface area contributed by atoms with Crippen molar-refractivity contribution in [1.82, 2.24) is 14.9 Å². The number of hydrogen-bond donors (Lipinski definition) is 1. The van der Waals surface area contributed by atoms with Gasteiger partial charge in [-0.05, 0) is 43.3 Å². The fraction of sp³-hybridized carbons (Fsp3) is 0.500. The Kier molecular flexibility index (Phi) is 5.09. The van der Waals surface area contributed by atoms with E-state index in [1.807, 2.05) is 18.6 Å². The molecule has 0 fully saturated rings. The first-order valence-corrected chi connectivity index (χ1v) is 8.07. The molecule has 4 nitrogen and oxygen atoms in total. The molecule has 0 aliphatic carbocycles. The number of imidazole rings is 1. The van der Waals surface area contributed by atoms with Crippen LogP contribution in [0.15, 0.2) is 38.3 Å². The lowest BCUT2D eigenvalue weighted by molar-refractivity contribution is 0.234. The Hall–Kier alpha value is -0.590. The van der Waals surface area contributed by atoms with E-state index in [0.29, 0.717) is 12.6 Å². The van der Waals surface area contributed by atoms with Crippen LogP contribution in [0.3, 0.4) is 0 Å². The van der Waals surface area contributed by atoms with Gasteiger partial charge < -0.3 is 14.3 Å². The number of hydrogen-bond acceptors (Lipinski definition) is 3. The summed E-state index contributed by atoms with van der Waals surface area (Å²) < 4.78 is 9.37. The number of furan rings is 1. The van der Waals surface area contributed by atoms with Crippen LogP contribution < -0.4 is 5.32 Å². The molecule has 0 bridgehead atoms. The molecule has 6 heteroatoms. The van der Waals surface area contributed by atoms with Gasteiger partial charge in [-0.1, -0.05) is 20.8 Å². The SMILES string of the molecule is CC(C)(C)C(Cn1ccnc1)NCc1cc(Br)c(Br)o1. The van der Waals surface area contributed by atoms with Gasteiger partial charge >= 0.3 is 0 Å². The van der Waals surface area contributed by atoms with Crippen LogP contribution in [-0.4, -0.2) is 15.6 Å². The Morgan fingerprint density at radius 2 is 2.15 bits per heavy atom. The maximum Gasteiger partial charge on any atom is 0.183 e. The molecule has 0 saturated carbocycles. The minimum absolute atomic E-state index is 0.144. The maximum atomic E-state index is 5.60. The second-order valence-corrected chi connectivity index (χ2v) is 7.47. The van der Waals surface area contributed by atoms with Crippen molar-refractivity contribution in [3.63, 3.8) is 0 Å². The number of rotatable bonds is 5. The van der Waals surface area contributed by atoms with E-state index in [2.05, 4.69) is 67.5 Å². The highest BCUT2D eigenvalue weighted by Crippen LogP contribution is 2.27. The first-order chi connectivity index (χ1) is 9.36. The van der Waals surface area contributed by atoms with E-state index < -0.39 is 0 Å². The lowest BCUT2D eigenvalue weighted by Gasteiger charge is -2.31.